The summed E-state index contributed by atoms with van der Waals surface area (Å²) in [6.45, 7) is 2.71. The molecular weight excluding hydrogens is 406 g/mol. The molecular formula is C20H29N5O4S. The van der Waals surface area contributed by atoms with E-state index in [0.717, 1.165) is 19.3 Å². The van der Waals surface area contributed by atoms with Gasteiger partial charge in [-0.25, -0.2) is 17.7 Å². The van der Waals surface area contributed by atoms with E-state index in [-0.39, 0.29) is 23.2 Å². The Labute approximate surface area is 177 Å². The zero-order chi connectivity index (χ0) is 21.4. The van der Waals surface area contributed by atoms with Crippen LogP contribution in [0.2, 0.25) is 0 Å². The van der Waals surface area contributed by atoms with Gasteiger partial charge in [-0.1, -0.05) is 0 Å². The van der Waals surface area contributed by atoms with Gasteiger partial charge in [0.25, 0.3) is 0 Å². The highest BCUT2D eigenvalue weighted by Crippen LogP contribution is 2.34. The highest BCUT2D eigenvalue weighted by atomic mass is 32.2. The first-order chi connectivity index (χ1) is 14.3. The second-order valence-electron chi connectivity index (χ2n) is 8.92. The maximum absolute atomic E-state index is 12.4. The second-order valence-corrected chi connectivity index (χ2v) is 10.9. The largest absolute Gasteiger partial charge is 0.470 e. The average Bonchev–Trinajstić information content (AvgIpc) is 3.44. The molecule has 2 saturated carbocycles. The molecule has 2 unspecified atom stereocenters. The average molecular weight is 436 g/mol. The maximum atomic E-state index is 12.4. The van der Waals surface area contributed by atoms with Crippen molar-refractivity contribution in [3.05, 3.63) is 11.8 Å². The van der Waals surface area contributed by atoms with Gasteiger partial charge in [0.05, 0.1) is 17.6 Å². The number of hydrogen-bond acceptors (Lipinski definition) is 8. The molecule has 1 aromatic rings. The Morgan fingerprint density at radius 3 is 2.67 bits per heavy atom. The van der Waals surface area contributed by atoms with E-state index in [4.69, 9.17) is 4.74 Å². The zero-order valence-electron chi connectivity index (χ0n) is 17.2. The van der Waals surface area contributed by atoms with Crippen molar-refractivity contribution in [3.8, 4) is 11.9 Å². The van der Waals surface area contributed by atoms with Gasteiger partial charge in [0, 0.05) is 19.1 Å². The lowest BCUT2D eigenvalue weighted by molar-refractivity contribution is -0.0271. The third-order valence-electron chi connectivity index (χ3n) is 6.29. The number of rotatable bonds is 7. The second kappa shape index (κ2) is 8.29. The SMILES string of the molecule is CC1(O)CCCC1Oc1nc(NC2CCN(S(=O)(=O)CC3CC3)CC2)ncc1C#N. The van der Waals surface area contributed by atoms with Gasteiger partial charge < -0.3 is 15.2 Å². The molecule has 0 spiro atoms. The molecule has 1 aliphatic heterocycles. The molecule has 0 aromatic carbocycles. The summed E-state index contributed by atoms with van der Waals surface area (Å²) in [6, 6.07) is 2.09. The molecule has 0 radical (unpaired) electrons. The van der Waals surface area contributed by atoms with Gasteiger partial charge in [0.1, 0.15) is 17.7 Å². The maximum Gasteiger partial charge on any atom is 0.236 e. The summed E-state index contributed by atoms with van der Waals surface area (Å²) in [5.74, 6) is 1.14. The van der Waals surface area contributed by atoms with Crippen molar-refractivity contribution in [2.75, 3.05) is 24.2 Å². The number of ether oxygens (including phenoxy) is 1. The fourth-order valence-corrected chi connectivity index (χ4v) is 6.10. The van der Waals surface area contributed by atoms with Crippen LogP contribution in [0.25, 0.3) is 0 Å². The van der Waals surface area contributed by atoms with Crippen molar-refractivity contribution >= 4 is 16.0 Å². The minimum absolute atomic E-state index is 0.0488. The lowest BCUT2D eigenvalue weighted by Gasteiger charge is -2.31. The minimum Gasteiger partial charge on any atom is -0.470 e. The number of aliphatic hydroxyl groups is 1. The Balaban J connectivity index is 1.37. The highest BCUT2D eigenvalue weighted by Gasteiger charge is 2.39. The molecule has 164 valence electrons. The third-order valence-corrected chi connectivity index (χ3v) is 8.34. The molecule has 0 amide bonds. The van der Waals surface area contributed by atoms with Crippen LogP contribution in [0.15, 0.2) is 6.20 Å². The Bertz CT molecular complexity index is 918. The van der Waals surface area contributed by atoms with E-state index in [1.165, 1.54) is 6.20 Å². The monoisotopic (exact) mass is 435 g/mol. The molecule has 1 aromatic heterocycles. The fourth-order valence-electron chi connectivity index (χ4n) is 4.19. The van der Waals surface area contributed by atoms with Crippen molar-refractivity contribution in [3.63, 3.8) is 0 Å². The molecule has 1 saturated heterocycles. The first kappa shape index (κ1) is 21.3. The van der Waals surface area contributed by atoms with Crippen LogP contribution in [-0.4, -0.2) is 64.4 Å². The number of nitrogens with zero attached hydrogens (tertiary/aromatic N) is 4. The van der Waals surface area contributed by atoms with Crippen molar-refractivity contribution in [1.82, 2.24) is 14.3 Å². The van der Waals surface area contributed by atoms with Crippen LogP contribution in [0.5, 0.6) is 5.88 Å². The minimum atomic E-state index is -3.16. The summed E-state index contributed by atoms with van der Waals surface area (Å²) in [5.41, 5.74) is -0.714. The summed E-state index contributed by atoms with van der Waals surface area (Å²) in [7, 11) is -3.16. The summed E-state index contributed by atoms with van der Waals surface area (Å²) >= 11 is 0. The zero-order valence-corrected chi connectivity index (χ0v) is 18.1. The molecule has 2 N–H and O–H groups in total. The normalized spacial score (nSPS) is 28.2. The first-order valence-electron chi connectivity index (χ1n) is 10.7. The number of nitrogens with one attached hydrogen (secondary N) is 1. The van der Waals surface area contributed by atoms with Crippen molar-refractivity contribution in [1.29, 1.82) is 5.26 Å². The van der Waals surface area contributed by atoms with Crippen LogP contribution in [0.4, 0.5) is 5.95 Å². The summed E-state index contributed by atoms with van der Waals surface area (Å²) in [5, 5.41) is 23.0. The van der Waals surface area contributed by atoms with Crippen molar-refractivity contribution < 1.29 is 18.3 Å². The molecule has 3 aliphatic rings. The smallest absolute Gasteiger partial charge is 0.236 e. The van der Waals surface area contributed by atoms with Gasteiger partial charge in [0.2, 0.25) is 21.9 Å². The van der Waals surface area contributed by atoms with Crippen LogP contribution in [0.1, 0.15) is 57.4 Å². The van der Waals surface area contributed by atoms with Crippen LogP contribution >= 0.6 is 0 Å². The predicted octanol–water partition coefficient (Wildman–Crippen LogP) is 1.65. The van der Waals surface area contributed by atoms with Gasteiger partial charge in [-0.05, 0) is 57.8 Å². The Hall–Kier alpha value is -1.96. The predicted molar refractivity (Wildman–Crippen MR) is 110 cm³/mol. The number of nitriles is 1. The van der Waals surface area contributed by atoms with Gasteiger partial charge in [-0.15, -0.1) is 0 Å². The number of piperidine rings is 1. The molecule has 2 aliphatic carbocycles. The van der Waals surface area contributed by atoms with Crippen LogP contribution < -0.4 is 10.1 Å². The van der Waals surface area contributed by atoms with E-state index in [0.29, 0.717) is 50.6 Å². The number of anilines is 1. The number of sulfonamides is 1. The van der Waals surface area contributed by atoms with Gasteiger partial charge >= 0.3 is 0 Å². The van der Waals surface area contributed by atoms with E-state index >= 15 is 0 Å². The van der Waals surface area contributed by atoms with E-state index in [9.17, 15) is 18.8 Å². The Morgan fingerprint density at radius 2 is 2.07 bits per heavy atom. The van der Waals surface area contributed by atoms with Gasteiger partial charge in [-0.3, -0.25) is 0 Å². The van der Waals surface area contributed by atoms with Gasteiger partial charge in [0.15, 0.2) is 0 Å². The van der Waals surface area contributed by atoms with E-state index < -0.39 is 21.7 Å². The topological polar surface area (TPSA) is 128 Å². The summed E-state index contributed by atoms with van der Waals surface area (Å²) in [4.78, 5) is 8.58. The third kappa shape index (κ3) is 4.85. The van der Waals surface area contributed by atoms with Crippen molar-refractivity contribution in [2.45, 2.75) is 69.6 Å². The van der Waals surface area contributed by atoms with E-state index in [2.05, 4.69) is 15.3 Å². The standard InChI is InChI=1S/C20H29N5O4S/c1-20(26)8-2-3-17(20)29-18-15(11-21)12-22-19(24-18)23-16-6-9-25(10-7-16)30(27,28)13-14-4-5-14/h12,14,16-17,26H,2-10,13H2,1H3,(H,22,23,24). The van der Waals surface area contributed by atoms with E-state index in [1.807, 2.05) is 6.07 Å². The molecule has 2 atom stereocenters. The highest BCUT2D eigenvalue weighted by molar-refractivity contribution is 7.89. The molecule has 10 heteroatoms. The first-order valence-corrected chi connectivity index (χ1v) is 12.3. The quantitative estimate of drug-likeness (QED) is 0.661. The lowest BCUT2D eigenvalue weighted by Crippen LogP contribution is -2.43. The Kier molecular flexibility index (Phi) is 5.88. The van der Waals surface area contributed by atoms with E-state index in [1.54, 1.807) is 11.2 Å². The molecule has 2 heterocycles. The molecule has 30 heavy (non-hydrogen) atoms. The summed E-state index contributed by atoms with van der Waals surface area (Å²) in [6.07, 6.45) is 6.61. The van der Waals surface area contributed by atoms with Crippen LogP contribution in [0, 0.1) is 17.2 Å². The van der Waals surface area contributed by atoms with Crippen LogP contribution in [-0.2, 0) is 10.0 Å². The molecule has 9 nitrogen and oxygen atoms in total. The molecule has 4 rings (SSSR count). The number of aromatic nitrogens is 2. The molecule has 0 bridgehead atoms. The van der Waals surface area contributed by atoms with Crippen molar-refractivity contribution in [2.24, 2.45) is 5.92 Å². The lowest BCUT2D eigenvalue weighted by atomic mass is 10.0. The summed E-state index contributed by atoms with van der Waals surface area (Å²) < 4.78 is 32.4. The Morgan fingerprint density at radius 1 is 1.33 bits per heavy atom. The fraction of sp³-hybridized carbons (Fsp3) is 0.750. The number of hydrogen-bond donors (Lipinski definition) is 2. The van der Waals surface area contributed by atoms with Gasteiger partial charge in [-0.2, -0.15) is 10.2 Å². The van der Waals surface area contributed by atoms with Crippen LogP contribution in [0.3, 0.4) is 0 Å². The molecule has 3 fully saturated rings.